The van der Waals surface area contributed by atoms with E-state index in [9.17, 15) is 9.90 Å². The minimum Gasteiger partial charge on any atom is -0.480 e. The number of nitrogens with one attached hydrogen (secondary N) is 1. The summed E-state index contributed by atoms with van der Waals surface area (Å²) < 4.78 is 2.02. The second kappa shape index (κ2) is 4.87. The van der Waals surface area contributed by atoms with Gasteiger partial charge >= 0.3 is 5.97 Å². The Labute approximate surface area is 101 Å². The number of carboxylic acids is 1. The van der Waals surface area contributed by atoms with Crippen LogP contribution in [-0.2, 0) is 4.79 Å². The van der Waals surface area contributed by atoms with E-state index < -0.39 is 11.5 Å². The smallest absolute Gasteiger partial charge is 0.323 e. The van der Waals surface area contributed by atoms with Crippen LogP contribution in [0.1, 0.15) is 38.6 Å². The summed E-state index contributed by atoms with van der Waals surface area (Å²) in [4.78, 5) is 15.5. The van der Waals surface area contributed by atoms with E-state index in [-0.39, 0.29) is 6.04 Å². The highest BCUT2D eigenvalue weighted by molar-refractivity contribution is 5.79. The maximum Gasteiger partial charge on any atom is 0.323 e. The zero-order valence-corrected chi connectivity index (χ0v) is 10.1. The van der Waals surface area contributed by atoms with Crippen molar-refractivity contribution >= 4 is 5.97 Å². The van der Waals surface area contributed by atoms with E-state index >= 15 is 0 Å². The number of carbonyl (C=O) groups is 1. The summed E-state index contributed by atoms with van der Waals surface area (Å²) in [5.74, 6) is -0.732. The van der Waals surface area contributed by atoms with Gasteiger partial charge in [0, 0.05) is 18.4 Å². The number of imidazole rings is 1. The summed E-state index contributed by atoms with van der Waals surface area (Å²) >= 11 is 0. The summed E-state index contributed by atoms with van der Waals surface area (Å²) in [6, 6.07) is 0.237. The topological polar surface area (TPSA) is 67.2 Å². The second-order valence-electron chi connectivity index (χ2n) is 4.68. The molecule has 1 aromatic rings. The van der Waals surface area contributed by atoms with Crippen LogP contribution in [0.3, 0.4) is 0 Å². The highest BCUT2D eigenvalue weighted by Crippen LogP contribution is 2.35. The van der Waals surface area contributed by atoms with Gasteiger partial charge in [-0.3, -0.25) is 4.79 Å². The summed E-state index contributed by atoms with van der Waals surface area (Å²) in [6.07, 6.45) is 8.72. The van der Waals surface area contributed by atoms with Gasteiger partial charge in [-0.1, -0.05) is 6.92 Å². The van der Waals surface area contributed by atoms with E-state index in [2.05, 4.69) is 10.3 Å². The largest absolute Gasteiger partial charge is 0.480 e. The Morgan fingerprint density at radius 2 is 2.53 bits per heavy atom. The minimum absolute atomic E-state index is 0.237. The predicted octanol–water partition coefficient (Wildman–Crippen LogP) is 1.43. The molecular weight excluding hydrogens is 218 g/mol. The third-order valence-corrected chi connectivity index (χ3v) is 3.60. The average molecular weight is 237 g/mol. The first-order valence-corrected chi connectivity index (χ1v) is 6.14. The summed E-state index contributed by atoms with van der Waals surface area (Å²) in [5, 5.41) is 12.6. The fraction of sp³-hybridized carbons (Fsp3) is 0.667. The number of rotatable bonds is 4. The lowest BCUT2D eigenvalue weighted by molar-refractivity contribution is -0.147. The molecule has 0 spiro atoms. The number of aromatic nitrogens is 2. The zero-order valence-electron chi connectivity index (χ0n) is 10.1. The summed E-state index contributed by atoms with van der Waals surface area (Å²) in [7, 11) is 0. The van der Waals surface area contributed by atoms with Gasteiger partial charge in [0.05, 0.1) is 6.33 Å². The van der Waals surface area contributed by atoms with Gasteiger partial charge in [-0.15, -0.1) is 0 Å². The van der Waals surface area contributed by atoms with Gasteiger partial charge in [0.1, 0.15) is 5.54 Å². The molecule has 1 saturated carbocycles. The molecule has 2 unspecified atom stereocenters. The third-order valence-electron chi connectivity index (χ3n) is 3.60. The Bertz CT molecular complexity index is 373. The van der Waals surface area contributed by atoms with Crippen LogP contribution in [0.15, 0.2) is 18.7 Å². The lowest BCUT2D eigenvalue weighted by atomic mass is 9.78. The monoisotopic (exact) mass is 237 g/mol. The molecule has 94 valence electrons. The Morgan fingerprint density at radius 3 is 3.12 bits per heavy atom. The normalized spacial score (nSPS) is 29.1. The van der Waals surface area contributed by atoms with E-state index in [1.807, 2.05) is 17.7 Å². The van der Waals surface area contributed by atoms with Crippen molar-refractivity contribution in [1.29, 1.82) is 0 Å². The van der Waals surface area contributed by atoms with Crippen LogP contribution in [0.5, 0.6) is 0 Å². The standard InChI is InChI=1S/C12H19N3O2/c1-2-14-12(11(16)17)5-3-4-10(8-12)15-7-6-13-9-15/h6-7,9-10,14H,2-5,8H2,1H3,(H,16,17). The Hall–Kier alpha value is -1.36. The van der Waals surface area contributed by atoms with Crippen molar-refractivity contribution in [2.75, 3.05) is 6.54 Å². The maximum absolute atomic E-state index is 11.5. The lowest BCUT2D eigenvalue weighted by Crippen LogP contribution is -2.54. The van der Waals surface area contributed by atoms with Crippen LogP contribution in [-0.4, -0.2) is 32.7 Å². The number of carboxylic acid groups (broad SMARTS) is 1. The molecule has 2 N–H and O–H groups in total. The van der Waals surface area contributed by atoms with Crippen LogP contribution >= 0.6 is 0 Å². The molecule has 1 fully saturated rings. The van der Waals surface area contributed by atoms with Crippen molar-refractivity contribution < 1.29 is 9.90 Å². The van der Waals surface area contributed by atoms with Crippen LogP contribution in [0.2, 0.25) is 0 Å². The summed E-state index contributed by atoms with van der Waals surface area (Å²) in [6.45, 7) is 2.63. The fourth-order valence-corrected chi connectivity index (χ4v) is 2.75. The molecule has 2 rings (SSSR count). The summed E-state index contributed by atoms with van der Waals surface area (Å²) in [5.41, 5.74) is -0.762. The molecule has 0 aliphatic heterocycles. The highest BCUT2D eigenvalue weighted by atomic mass is 16.4. The SMILES string of the molecule is CCNC1(C(=O)O)CCCC(n2ccnc2)C1. The van der Waals surface area contributed by atoms with Crippen molar-refractivity contribution in [1.82, 2.24) is 14.9 Å². The van der Waals surface area contributed by atoms with E-state index in [1.54, 1.807) is 12.5 Å². The lowest BCUT2D eigenvalue weighted by Gasteiger charge is -2.38. The first-order chi connectivity index (χ1) is 8.18. The first-order valence-electron chi connectivity index (χ1n) is 6.14. The molecule has 0 bridgehead atoms. The van der Waals surface area contributed by atoms with E-state index in [1.165, 1.54) is 0 Å². The number of hydrogen-bond acceptors (Lipinski definition) is 3. The molecule has 1 aliphatic carbocycles. The molecule has 5 heteroatoms. The minimum atomic E-state index is -0.762. The van der Waals surface area contributed by atoms with Crippen molar-refractivity contribution in [2.24, 2.45) is 0 Å². The van der Waals surface area contributed by atoms with Gasteiger partial charge in [-0.05, 0) is 32.2 Å². The average Bonchev–Trinajstić information content (AvgIpc) is 2.83. The van der Waals surface area contributed by atoms with Crippen LogP contribution in [0, 0.1) is 0 Å². The number of nitrogens with zero attached hydrogens (tertiary/aromatic N) is 2. The number of hydrogen-bond donors (Lipinski definition) is 2. The molecule has 1 heterocycles. The molecule has 1 aliphatic rings. The highest BCUT2D eigenvalue weighted by Gasteiger charge is 2.42. The molecule has 0 saturated heterocycles. The third kappa shape index (κ3) is 2.34. The fourth-order valence-electron chi connectivity index (χ4n) is 2.75. The number of likely N-dealkylation sites (N-methyl/N-ethyl adjacent to an activating group) is 1. The second-order valence-corrected chi connectivity index (χ2v) is 4.68. The van der Waals surface area contributed by atoms with E-state index in [4.69, 9.17) is 0 Å². The predicted molar refractivity (Wildman–Crippen MR) is 63.8 cm³/mol. The molecule has 0 aromatic carbocycles. The van der Waals surface area contributed by atoms with Crippen molar-refractivity contribution in [2.45, 2.75) is 44.2 Å². The Kier molecular flexibility index (Phi) is 3.47. The molecule has 0 radical (unpaired) electrons. The molecule has 1 aromatic heterocycles. The van der Waals surface area contributed by atoms with E-state index in [0.717, 1.165) is 12.8 Å². The van der Waals surface area contributed by atoms with Crippen molar-refractivity contribution in [3.63, 3.8) is 0 Å². The zero-order chi connectivity index (χ0) is 12.3. The van der Waals surface area contributed by atoms with Crippen LogP contribution < -0.4 is 5.32 Å². The molecule has 0 amide bonds. The molecule has 2 atom stereocenters. The Morgan fingerprint density at radius 1 is 1.71 bits per heavy atom. The number of aliphatic carboxylic acids is 1. The van der Waals surface area contributed by atoms with Gasteiger partial charge in [-0.25, -0.2) is 4.98 Å². The molecular formula is C12H19N3O2. The van der Waals surface area contributed by atoms with Gasteiger partial charge < -0.3 is 15.0 Å². The Balaban J connectivity index is 2.17. The van der Waals surface area contributed by atoms with E-state index in [0.29, 0.717) is 19.4 Å². The van der Waals surface area contributed by atoms with Gasteiger partial charge in [0.15, 0.2) is 0 Å². The van der Waals surface area contributed by atoms with Crippen LogP contribution in [0.25, 0.3) is 0 Å². The van der Waals surface area contributed by atoms with Gasteiger partial charge in [-0.2, -0.15) is 0 Å². The first kappa shape index (κ1) is 12.1. The van der Waals surface area contributed by atoms with Gasteiger partial charge in [0.2, 0.25) is 0 Å². The maximum atomic E-state index is 11.5. The van der Waals surface area contributed by atoms with Gasteiger partial charge in [0.25, 0.3) is 0 Å². The van der Waals surface area contributed by atoms with Crippen molar-refractivity contribution in [3.05, 3.63) is 18.7 Å². The molecule has 5 nitrogen and oxygen atoms in total. The van der Waals surface area contributed by atoms with Crippen LogP contribution in [0.4, 0.5) is 0 Å². The molecule has 17 heavy (non-hydrogen) atoms. The quantitative estimate of drug-likeness (QED) is 0.831. The van der Waals surface area contributed by atoms with Crippen molar-refractivity contribution in [3.8, 4) is 0 Å².